The van der Waals surface area contributed by atoms with Gasteiger partial charge in [-0.3, -0.25) is 4.79 Å². The van der Waals surface area contributed by atoms with E-state index in [2.05, 4.69) is 0 Å². The minimum atomic E-state index is -0.384. The Bertz CT molecular complexity index is 1260. The van der Waals surface area contributed by atoms with E-state index in [0.29, 0.717) is 22.8 Å². The van der Waals surface area contributed by atoms with Crippen LogP contribution in [0.3, 0.4) is 0 Å². The van der Waals surface area contributed by atoms with Gasteiger partial charge in [0.15, 0.2) is 17.3 Å². The van der Waals surface area contributed by atoms with Gasteiger partial charge in [-0.15, -0.1) is 0 Å². The van der Waals surface area contributed by atoms with Gasteiger partial charge in [-0.05, 0) is 66.7 Å². The fourth-order valence-electron chi connectivity index (χ4n) is 3.31. The molecule has 0 fully saturated rings. The molecule has 0 amide bonds. The van der Waals surface area contributed by atoms with Crippen LogP contribution in [0.4, 0.5) is 4.39 Å². The molecular weight excluding hydrogens is 407 g/mol. The molecule has 6 heteroatoms. The molecule has 0 aliphatic rings. The summed E-state index contributed by atoms with van der Waals surface area (Å²) in [6.07, 6.45) is 5.03. The summed E-state index contributed by atoms with van der Waals surface area (Å²) in [6.45, 7) is 0. The highest BCUT2D eigenvalue weighted by Gasteiger charge is 2.14. The third-order valence-electron chi connectivity index (χ3n) is 4.96. The zero-order valence-electron chi connectivity index (χ0n) is 17.7. The van der Waals surface area contributed by atoms with Crippen LogP contribution in [0.15, 0.2) is 85.1 Å². The van der Waals surface area contributed by atoms with Gasteiger partial charge in [-0.2, -0.15) is 5.10 Å². The molecule has 4 aromatic rings. The topological polar surface area (TPSA) is 53.4 Å². The van der Waals surface area contributed by atoms with Crippen molar-refractivity contribution in [1.82, 2.24) is 9.78 Å². The van der Waals surface area contributed by atoms with E-state index in [1.165, 1.54) is 30.3 Å². The monoisotopic (exact) mass is 428 g/mol. The second-order valence-electron chi connectivity index (χ2n) is 6.99. The van der Waals surface area contributed by atoms with Crippen molar-refractivity contribution in [2.45, 2.75) is 0 Å². The van der Waals surface area contributed by atoms with Gasteiger partial charge in [0.05, 0.1) is 19.9 Å². The molecule has 32 heavy (non-hydrogen) atoms. The van der Waals surface area contributed by atoms with Gasteiger partial charge in [0.25, 0.3) is 0 Å². The molecule has 0 spiro atoms. The summed E-state index contributed by atoms with van der Waals surface area (Å²) in [5, 5.41) is 4.75. The van der Waals surface area contributed by atoms with Crippen molar-refractivity contribution in [3.8, 4) is 28.4 Å². The molecule has 0 bridgehead atoms. The third kappa shape index (κ3) is 4.44. The van der Waals surface area contributed by atoms with E-state index >= 15 is 0 Å². The summed E-state index contributed by atoms with van der Waals surface area (Å²) in [6, 6.07) is 20.7. The van der Waals surface area contributed by atoms with Crippen LogP contribution in [-0.4, -0.2) is 29.8 Å². The number of carbonyl (C=O) groups is 1. The fourth-order valence-corrected chi connectivity index (χ4v) is 3.31. The van der Waals surface area contributed by atoms with Crippen LogP contribution < -0.4 is 9.47 Å². The molecule has 5 nitrogen and oxygen atoms in total. The number of carbonyl (C=O) groups excluding carboxylic acids is 1. The second kappa shape index (κ2) is 9.31. The van der Waals surface area contributed by atoms with Crippen LogP contribution in [0.5, 0.6) is 11.5 Å². The number of hydrogen-bond acceptors (Lipinski definition) is 4. The van der Waals surface area contributed by atoms with Gasteiger partial charge >= 0.3 is 0 Å². The first-order chi connectivity index (χ1) is 15.6. The SMILES string of the molecule is COc1ccc(-c2nn(-c3ccccc3)cc2C=CC(=O)c2ccc(F)cc2)cc1OC. The first kappa shape index (κ1) is 21.1. The average molecular weight is 428 g/mol. The van der Waals surface area contributed by atoms with Gasteiger partial charge in [0.1, 0.15) is 11.5 Å². The van der Waals surface area contributed by atoms with E-state index in [9.17, 15) is 9.18 Å². The normalized spacial score (nSPS) is 11.0. The number of aromatic nitrogens is 2. The highest BCUT2D eigenvalue weighted by atomic mass is 19.1. The first-order valence-electron chi connectivity index (χ1n) is 9.94. The Hall–Kier alpha value is -4.19. The van der Waals surface area contributed by atoms with Crippen LogP contribution in [0.1, 0.15) is 15.9 Å². The van der Waals surface area contributed by atoms with Crippen LogP contribution in [-0.2, 0) is 0 Å². The first-order valence-corrected chi connectivity index (χ1v) is 9.94. The molecule has 3 aromatic carbocycles. The van der Waals surface area contributed by atoms with Gasteiger partial charge in [0.2, 0.25) is 0 Å². The molecule has 0 saturated carbocycles. The summed E-state index contributed by atoms with van der Waals surface area (Å²) < 4.78 is 25.7. The predicted octanol–water partition coefficient (Wildman–Crippen LogP) is 5.59. The van der Waals surface area contributed by atoms with Crippen molar-refractivity contribution >= 4 is 11.9 Å². The largest absolute Gasteiger partial charge is 0.493 e. The van der Waals surface area contributed by atoms with Crippen LogP contribution >= 0.6 is 0 Å². The molecule has 0 aliphatic heterocycles. The number of methoxy groups -OCH3 is 2. The molecule has 160 valence electrons. The van der Waals surface area contributed by atoms with E-state index in [1.807, 2.05) is 54.7 Å². The maximum absolute atomic E-state index is 13.2. The average Bonchev–Trinajstić information content (AvgIpc) is 3.27. The number of ether oxygens (including phenoxy) is 2. The zero-order chi connectivity index (χ0) is 22.5. The summed E-state index contributed by atoms with van der Waals surface area (Å²) in [5.41, 5.74) is 3.53. The Kier molecular flexibility index (Phi) is 6.12. The molecule has 4 rings (SSSR count). The van der Waals surface area contributed by atoms with Gasteiger partial charge in [-0.1, -0.05) is 18.2 Å². The molecule has 0 saturated heterocycles. The number of nitrogens with zero attached hydrogens (tertiary/aromatic N) is 2. The summed E-state index contributed by atoms with van der Waals surface area (Å²) in [7, 11) is 3.16. The number of hydrogen-bond donors (Lipinski definition) is 0. The van der Waals surface area contributed by atoms with Crippen molar-refractivity contribution in [1.29, 1.82) is 0 Å². The van der Waals surface area contributed by atoms with Gasteiger partial charge in [-0.25, -0.2) is 9.07 Å². The molecule has 1 aromatic heterocycles. The maximum atomic E-state index is 13.2. The van der Waals surface area contributed by atoms with Crippen molar-refractivity contribution in [3.05, 3.63) is 102 Å². The molecule has 0 unspecified atom stereocenters. The number of allylic oxidation sites excluding steroid dienone is 1. The Morgan fingerprint density at radius 2 is 1.66 bits per heavy atom. The lowest BCUT2D eigenvalue weighted by atomic mass is 10.1. The number of ketones is 1. The molecule has 0 aliphatic carbocycles. The predicted molar refractivity (Wildman–Crippen MR) is 122 cm³/mol. The quantitative estimate of drug-likeness (QED) is 0.284. The molecule has 1 heterocycles. The minimum absolute atomic E-state index is 0.226. The van der Waals surface area contributed by atoms with E-state index in [4.69, 9.17) is 14.6 Å². The van der Waals surface area contributed by atoms with E-state index in [0.717, 1.165) is 16.8 Å². The van der Waals surface area contributed by atoms with Crippen molar-refractivity contribution in [3.63, 3.8) is 0 Å². The summed E-state index contributed by atoms with van der Waals surface area (Å²) in [5.74, 6) is 0.583. The summed E-state index contributed by atoms with van der Waals surface area (Å²) in [4.78, 5) is 12.6. The van der Waals surface area contributed by atoms with Crippen LogP contribution in [0, 0.1) is 5.82 Å². The van der Waals surface area contributed by atoms with E-state index in [-0.39, 0.29) is 11.6 Å². The number of rotatable bonds is 7. The lowest BCUT2D eigenvalue weighted by Gasteiger charge is -2.09. The summed E-state index contributed by atoms with van der Waals surface area (Å²) >= 11 is 0. The highest BCUT2D eigenvalue weighted by Crippen LogP contribution is 2.33. The Labute approximate surface area is 185 Å². The molecule has 0 N–H and O–H groups in total. The van der Waals surface area contributed by atoms with Crippen LogP contribution in [0.2, 0.25) is 0 Å². The van der Waals surface area contributed by atoms with E-state index in [1.54, 1.807) is 25.0 Å². The van der Waals surface area contributed by atoms with Gasteiger partial charge < -0.3 is 9.47 Å². The fraction of sp³-hybridized carbons (Fsp3) is 0.0769. The van der Waals surface area contributed by atoms with Crippen molar-refractivity contribution in [2.24, 2.45) is 0 Å². The smallest absolute Gasteiger partial charge is 0.185 e. The number of para-hydroxylation sites is 1. The molecular formula is C26H21FN2O3. The maximum Gasteiger partial charge on any atom is 0.185 e. The Balaban J connectivity index is 1.76. The molecule has 0 atom stereocenters. The van der Waals surface area contributed by atoms with Crippen molar-refractivity contribution < 1.29 is 18.7 Å². The van der Waals surface area contributed by atoms with Crippen LogP contribution in [0.25, 0.3) is 23.0 Å². The second-order valence-corrected chi connectivity index (χ2v) is 6.99. The number of benzene rings is 3. The minimum Gasteiger partial charge on any atom is -0.493 e. The molecule has 0 radical (unpaired) electrons. The lowest BCUT2D eigenvalue weighted by Crippen LogP contribution is -1.95. The Morgan fingerprint density at radius 3 is 2.34 bits per heavy atom. The van der Waals surface area contributed by atoms with E-state index < -0.39 is 0 Å². The van der Waals surface area contributed by atoms with Gasteiger partial charge in [0, 0.05) is 22.9 Å². The number of halogens is 1. The standard InChI is InChI=1S/C26H21FN2O3/c1-31-24-15-11-19(16-25(24)32-2)26-20(17-29(28-26)22-6-4-3-5-7-22)10-14-23(30)18-8-12-21(27)13-9-18/h3-17H,1-2H3. The highest BCUT2D eigenvalue weighted by molar-refractivity contribution is 6.07. The third-order valence-corrected chi connectivity index (χ3v) is 4.96. The lowest BCUT2D eigenvalue weighted by molar-refractivity contribution is 0.104. The zero-order valence-corrected chi connectivity index (χ0v) is 17.7. The van der Waals surface area contributed by atoms with Crippen molar-refractivity contribution in [2.75, 3.05) is 14.2 Å². The Morgan fingerprint density at radius 1 is 0.938 bits per heavy atom.